The SMILES string of the molecule is COc1cc(C(=N)N)ccc1NS(=O)(=O)C(F)F. The average Bonchev–Trinajstić information content (AvgIpc) is 2.28. The van der Waals surface area contributed by atoms with Gasteiger partial charge in [0.05, 0.1) is 12.8 Å². The normalized spacial score (nSPS) is 11.3. The Hall–Kier alpha value is -1.90. The molecule has 100 valence electrons. The van der Waals surface area contributed by atoms with Crippen molar-refractivity contribution in [1.29, 1.82) is 5.41 Å². The van der Waals surface area contributed by atoms with Crippen molar-refractivity contribution in [2.45, 2.75) is 5.76 Å². The molecule has 18 heavy (non-hydrogen) atoms. The third kappa shape index (κ3) is 3.06. The van der Waals surface area contributed by atoms with Crippen LogP contribution in [0.4, 0.5) is 14.5 Å². The topological polar surface area (TPSA) is 105 Å². The fourth-order valence-corrected chi connectivity index (χ4v) is 1.71. The highest BCUT2D eigenvalue weighted by molar-refractivity contribution is 7.93. The number of ether oxygens (including phenoxy) is 1. The number of anilines is 1. The van der Waals surface area contributed by atoms with Gasteiger partial charge < -0.3 is 10.5 Å². The Labute approximate surface area is 102 Å². The lowest BCUT2D eigenvalue weighted by molar-refractivity contribution is 0.236. The van der Waals surface area contributed by atoms with E-state index in [0.29, 0.717) is 0 Å². The molecule has 9 heteroatoms. The van der Waals surface area contributed by atoms with E-state index >= 15 is 0 Å². The van der Waals surface area contributed by atoms with Crippen molar-refractivity contribution >= 4 is 21.5 Å². The molecule has 0 aliphatic rings. The van der Waals surface area contributed by atoms with Crippen LogP contribution in [0.15, 0.2) is 18.2 Å². The summed E-state index contributed by atoms with van der Waals surface area (Å²) in [5.74, 6) is -3.81. The maximum atomic E-state index is 12.2. The number of hydrogen-bond donors (Lipinski definition) is 3. The molecule has 1 rings (SSSR count). The molecule has 0 unspecified atom stereocenters. The number of nitrogen functional groups attached to an aromatic ring is 1. The second-order valence-electron chi connectivity index (χ2n) is 3.24. The molecule has 6 nitrogen and oxygen atoms in total. The number of rotatable bonds is 5. The maximum absolute atomic E-state index is 12.2. The standard InChI is InChI=1S/C9H11F2N3O3S/c1-17-7-4-5(8(12)13)2-3-6(7)14-18(15,16)9(10)11/h2-4,9,14H,1H3,(H3,12,13). The Bertz CT molecular complexity index is 560. The predicted octanol–water partition coefficient (Wildman–Crippen LogP) is 0.944. The molecule has 0 aliphatic carbocycles. The zero-order chi connectivity index (χ0) is 13.9. The molecule has 4 N–H and O–H groups in total. The molecule has 0 saturated carbocycles. The fraction of sp³-hybridized carbons (Fsp3) is 0.222. The molecule has 0 spiro atoms. The van der Waals surface area contributed by atoms with Gasteiger partial charge in [-0.25, -0.2) is 8.42 Å². The van der Waals surface area contributed by atoms with Crippen molar-refractivity contribution in [1.82, 2.24) is 0 Å². The summed E-state index contributed by atoms with van der Waals surface area (Å²) in [5, 5.41) is 7.19. The van der Waals surface area contributed by atoms with E-state index in [1.54, 1.807) is 4.72 Å². The van der Waals surface area contributed by atoms with Crippen LogP contribution in [0, 0.1) is 5.41 Å². The Balaban J connectivity index is 3.15. The molecular weight excluding hydrogens is 268 g/mol. The molecule has 1 aromatic rings. The third-order valence-corrected chi connectivity index (χ3v) is 2.97. The largest absolute Gasteiger partial charge is 0.495 e. The lowest BCUT2D eigenvalue weighted by Gasteiger charge is -2.12. The van der Waals surface area contributed by atoms with Crippen LogP contribution in [0.2, 0.25) is 0 Å². The third-order valence-electron chi connectivity index (χ3n) is 2.00. The molecule has 0 amide bonds. The second-order valence-corrected chi connectivity index (χ2v) is 4.89. The van der Waals surface area contributed by atoms with Gasteiger partial charge in [0, 0.05) is 5.56 Å². The molecule has 0 saturated heterocycles. The van der Waals surface area contributed by atoms with Crippen molar-refractivity contribution in [2.75, 3.05) is 11.8 Å². The van der Waals surface area contributed by atoms with E-state index in [4.69, 9.17) is 15.9 Å². The summed E-state index contributed by atoms with van der Waals surface area (Å²) in [7, 11) is -3.53. The van der Waals surface area contributed by atoms with Gasteiger partial charge in [-0.15, -0.1) is 0 Å². The Morgan fingerprint density at radius 1 is 1.50 bits per heavy atom. The van der Waals surface area contributed by atoms with Crippen molar-refractivity contribution in [3.63, 3.8) is 0 Å². The van der Waals surface area contributed by atoms with Gasteiger partial charge in [0.15, 0.2) is 0 Å². The van der Waals surface area contributed by atoms with Crippen LogP contribution >= 0.6 is 0 Å². The first-order valence-corrected chi connectivity index (χ1v) is 6.14. The van der Waals surface area contributed by atoms with Crippen molar-refractivity contribution in [3.05, 3.63) is 23.8 Å². The van der Waals surface area contributed by atoms with E-state index in [1.807, 2.05) is 0 Å². The molecule has 0 aromatic heterocycles. The van der Waals surface area contributed by atoms with Gasteiger partial charge in [-0.2, -0.15) is 8.78 Å². The van der Waals surface area contributed by atoms with Gasteiger partial charge in [-0.05, 0) is 18.2 Å². The molecule has 1 aromatic carbocycles. The smallest absolute Gasteiger partial charge is 0.355 e. The second kappa shape index (κ2) is 5.17. The maximum Gasteiger partial charge on any atom is 0.355 e. The minimum atomic E-state index is -4.77. The molecule has 0 radical (unpaired) electrons. The van der Waals surface area contributed by atoms with E-state index in [9.17, 15) is 17.2 Å². The molecule has 0 atom stereocenters. The number of halogens is 2. The zero-order valence-corrected chi connectivity index (χ0v) is 10.1. The van der Waals surface area contributed by atoms with Gasteiger partial charge >= 0.3 is 5.76 Å². The monoisotopic (exact) mass is 279 g/mol. The van der Waals surface area contributed by atoms with Gasteiger partial charge in [0.1, 0.15) is 11.6 Å². The van der Waals surface area contributed by atoms with Crippen molar-refractivity contribution in [2.24, 2.45) is 5.73 Å². The molecule has 0 fully saturated rings. The number of hydrogen-bond acceptors (Lipinski definition) is 4. The highest BCUT2D eigenvalue weighted by Gasteiger charge is 2.25. The number of sulfonamides is 1. The quantitative estimate of drug-likeness (QED) is 0.551. The van der Waals surface area contributed by atoms with Gasteiger partial charge in [0.25, 0.3) is 10.0 Å². The van der Waals surface area contributed by atoms with E-state index in [1.165, 1.54) is 25.3 Å². The molecular formula is C9H11F2N3O3S. The van der Waals surface area contributed by atoms with Crippen LogP contribution in [-0.4, -0.2) is 27.1 Å². The summed E-state index contributed by atoms with van der Waals surface area (Å²) in [5.41, 5.74) is 5.37. The first-order chi connectivity index (χ1) is 8.27. The lowest BCUT2D eigenvalue weighted by atomic mass is 10.2. The van der Waals surface area contributed by atoms with Crippen molar-refractivity contribution < 1.29 is 21.9 Å². The zero-order valence-electron chi connectivity index (χ0n) is 9.28. The number of alkyl halides is 2. The summed E-state index contributed by atoms with van der Waals surface area (Å²) in [6.07, 6.45) is 0. The van der Waals surface area contributed by atoms with Crippen LogP contribution < -0.4 is 15.2 Å². The fourth-order valence-electron chi connectivity index (χ4n) is 1.14. The van der Waals surface area contributed by atoms with Gasteiger partial charge in [-0.1, -0.05) is 0 Å². The lowest BCUT2D eigenvalue weighted by Crippen LogP contribution is -2.21. The number of nitrogens with one attached hydrogen (secondary N) is 2. The number of amidine groups is 1. The Morgan fingerprint density at radius 3 is 2.56 bits per heavy atom. The number of nitrogens with two attached hydrogens (primary N) is 1. The highest BCUT2D eigenvalue weighted by Crippen LogP contribution is 2.27. The number of benzene rings is 1. The average molecular weight is 279 g/mol. The molecule has 0 aliphatic heterocycles. The number of methoxy groups -OCH3 is 1. The van der Waals surface area contributed by atoms with Crippen LogP contribution in [-0.2, 0) is 10.0 Å². The van der Waals surface area contributed by atoms with Crippen LogP contribution in [0.5, 0.6) is 5.75 Å². The highest BCUT2D eigenvalue weighted by atomic mass is 32.2. The first kappa shape index (κ1) is 14.2. The van der Waals surface area contributed by atoms with Crippen LogP contribution in [0.1, 0.15) is 5.56 Å². The van der Waals surface area contributed by atoms with E-state index in [-0.39, 0.29) is 22.8 Å². The van der Waals surface area contributed by atoms with Gasteiger partial charge in [0.2, 0.25) is 0 Å². The minimum Gasteiger partial charge on any atom is -0.495 e. The summed E-state index contributed by atoms with van der Waals surface area (Å²) in [6, 6.07) is 3.77. The van der Waals surface area contributed by atoms with E-state index in [0.717, 1.165) is 0 Å². The summed E-state index contributed by atoms with van der Waals surface area (Å²) in [4.78, 5) is 0. The summed E-state index contributed by atoms with van der Waals surface area (Å²) in [6.45, 7) is 0. The Morgan fingerprint density at radius 2 is 2.11 bits per heavy atom. The summed E-state index contributed by atoms with van der Waals surface area (Å²) >= 11 is 0. The Kier molecular flexibility index (Phi) is 4.07. The van der Waals surface area contributed by atoms with Gasteiger partial charge in [-0.3, -0.25) is 10.1 Å². The molecule has 0 heterocycles. The van der Waals surface area contributed by atoms with Crippen molar-refractivity contribution in [3.8, 4) is 5.75 Å². The van der Waals surface area contributed by atoms with Crippen LogP contribution in [0.25, 0.3) is 0 Å². The van der Waals surface area contributed by atoms with E-state index < -0.39 is 15.8 Å². The minimum absolute atomic E-state index is 0.00748. The van der Waals surface area contributed by atoms with Crippen LogP contribution in [0.3, 0.4) is 0 Å². The summed E-state index contributed by atoms with van der Waals surface area (Å²) < 4.78 is 52.9. The molecule has 0 bridgehead atoms. The van der Waals surface area contributed by atoms with E-state index in [2.05, 4.69) is 0 Å². The first-order valence-electron chi connectivity index (χ1n) is 4.60. The predicted molar refractivity (Wildman–Crippen MR) is 62.6 cm³/mol.